The SMILES string of the molecule is CC(C)c1ccc(NC(=O)C(c2ccc3c(c2)OCO3)N(Cc2ccccc2)Cc2ccccc2)cc1. The number of nitrogens with one attached hydrogen (secondary N) is 1. The molecule has 0 bridgehead atoms. The molecule has 0 saturated heterocycles. The summed E-state index contributed by atoms with van der Waals surface area (Å²) in [5.41, 5.74) is 5.14. The molecule has 1 aliphatic rings. The van der Waals surface area contributed by atoms with Crippen LogP contribution in [0.15, 0.2) is 103 Å². The molecular weight excluding hydrogens is 460 g/mol. The summed E-state index contributed by atoms with van der Waals surface area (Å²) in [4.78, 5) is 16.2. The zero-order valence-electron chi connectivity index (χ0n) is 21.3. The van der Waals surface area contributed by atoms with Gasteiger partial charge in [0.15, 0.2) is 11.5 Å². The maximum absolute atomic E-state index is 14.0. The minimum Gasteiger partial charge on any atom is -0.454 e. The molecule has 5 nitrogen and oxygen atoms in total. The molecule has 0 fully saturated rings. The van der Waals surface area contributed by atoms with Crippen LogP contribution in [0.4, 0.5) is 5.69 Å². The van der Waals surface area contributed by atoms with Gasteiger partial charge in [0.1, 0.15) is 6.04 Å². The summed E-state index contributed by atoms with van der Waals surface area (Å²) >= 11 is 0. The zero-order chi connectivity index (χ0) is 25.6. The van der Waals surface area contributed by atoms with Crippen molar-refractivity contribution in [3.8, 4) is 11.5 Å². The molecular formula is C32H32N2O3. The van der Waals surface area contributed by atoms with Crippen LogP contribution in [0.5, 0.6) is 11.5 Å². The normalized spacial score (nSPS) is 13.1. The summed E-state index contributed by atoms with van der Waals surface area (Å²) in [5.74, 6) is 1.70. The number of anilines is 1. The maximum Gasteiger partial charge on any atom is 0.246 e. The Labute approximate surface area is 218 Å². The molecule has 5 heteroatoms. The minimum absolute atomic E-state index is 0.0944. The van der Waals surface area contributed by atoms with Gasteiger partial charge in [-0.2, -0.15) is 0 Å². The predicted octanol–water partition coefficient (Wildman–Crippen LogP) is 6.92. The summed E-state index contributed by atoms with van der Waals surface area (Å²) in [6.45, 7) is 5.72. The molecule has 1 amide bonds. The lowest BCUT2D eigenvalue weighted by molar-refractivity contribution is -0.122. The van der Waals surface area contributed by atoms with Gasteiger partial charge in [0, 0.05) is 18.8 Å². The third kappa shape index (κ3) is 6.01. The lowest BCUT2D eigenvalue weighted by Crippen LogP contribution is -2.36. The Balaban J connectivity index is 1.52. The second-order valence-corrected chi connectivity index (χ2v) is 9.66. The van der Waals surface area contributed by atoms with E-state index in [0.717, 1.165) is 22.4 Å². The van der Waals surface area contributed by atoms with Gasteiger partial charge in [0.2, 0.25) is 12.7 Å². The monoisotopic (exact) mass is 492 g/mol. The number of carbonyl (C=O) groups is 1. The van der Waals surface area contributed by atoms with Gasteiger partial charge in [0.05, 0.1) is 0 Å². The van der Waals surface area contributed by atoms with E-state index in [1.54, 1.807) is 0 Å². The summed E-state index contributed by atoms with van der Waals surface area (Å²) < 4.78 is 11.2. The molecule has 0 aromatic heterocycles. The molecule has 1 unspecified atom stereocenters. The van der Waals surface area contributed by atoms with Crippen LogP contribution >= 0.6 is 0 Å². The minimum atomic E-state index is -0.556. The van der Waals surface area contributed by atoms with Crippen molar-refractivity contribution in [3.05, 3.63) is 125 Å². The largest absolute Gasteiger partial charge is 0.454 e. The van der Waals surface area contributed by atoms with Crippen LogP contribution in [0.1, 0.15) is 48.1 Å². The highest BCUT2D eigenvalue weighted by atomic mass is 16.7. The molecule has 37 heavy (non-hydrogen) atoms. The van der Waals surface area contributed by atoms with Crippen molar-refractivity contribution in [1.82, 2.24) is 4.90 Å². The molecule has 4 aromatic carbocycles. The van der Waals surface area contributed by atoms with Gasteiger partial charge in [0.25, 0.3) is 0 Å². The predicted molar refractivity (Wildman–Crippen MR) is 147 cm³/mol. The van der Waals surface area contributed by atoms with Crippen molar-refractivity contribution in [2.45, 2.75) is 38.9 Å². The van der Waals surface area contributed by atoms with E-state index >= 15 is 0 Å². The van der Waals surface area contributed by atoms with Crippen LogP contribution in [0, 0.1) is 0 Å². The highest BCUT2D eigenvalue weighted by Gasteiger charge is 2.30. The van der Waals surface area contributed by atoms with E-state index in [0.29, 0.717) is 30.5 Å². The molecule has 4 aromatic rings. The van der Waals surface area contributed by atoms with Crippen LogP contribution in [-0.2, 0) is 17.9 Å². The molecule has 1 N–H and O–H groups in total. The van der Waals surface area contributed by atoms with Crippen LogP contribution in [0.3, 0.4) is 0 Å². The topological polar surface area (TPSA) is 50.8 Å². The third-order valence-electron chi connectivity index (χ3n) is 6.63. The Kier molecular flexibility index (Phi) is 7.52. The number of nitrogens with zero attached hydrogens (tertiary/aromatic N) is 1. The number of fused-ring (bicyclic) bond motifs is 1. The Morgan fingerprint density at radius 3 is 1.92 bits per heavy atom. The van der Waals surface area contributed by atoms with Crippen molar-refractivity contribution in [3.63, 3.8) is 0 Å². The fraction of sp³-hybridized carbons (Fsp3) is 0.219. The van der Waals surface area contributed by atoms with Crippen LogP contribution in [0.2, 0.25) is 0 Å². The molecule has 0 spiro atoms. The van der Waals surface area contributed by atoms with Crippen LogP contribution in [0.25, 0.3) is 0 Å². The highest BCUT2D eigenvalue weighted by molar-refractivity contribution is 5.95. The van der Waals surface area contributed by atoms with E-state index in [2.05, 4.69) is 60.5 Å². The molecule has 188 valence electrons. The molecule has 1 aliphatic heterocycles. The Morgan fingerprint density at radius 1 is 0.757 bits per heavy atom. The van der Waals surface area contributed by atoms with Gasteiger partial charge in [-0.3, -0.25) is 9.69 Å². The Hall–Kier alpha value is -4.09. The van der Waals surface area contributed by atoms with Crippen molar-refractivity contribution in [2.75, 3.05) is 12.1 Å². The van der Waals surface area contributed by atoms with Crippen molar-refractivity contribution < 1.29 is 14.3 Å². The van der Waals surface area contributed by atoms with E-state index < -0.39 is 6.04 Å². The average Bonchev–Trinajstić information content (AvgIpc) is 3.38. The van der Waals surface area contributed by atoms with Gasteiger partial charge < -0.3 is 14.8 Å². The van der Waals surface area contributed by atoms with E-state index in [4.69, 9.17) is 9.47 Å². The summed E-state index contributed by atoms with van der Waals surface area (Å²) in [5, 5.41) is 3.17. The van der Waals surface area contributed by atoms with Crippen molar-refractivity contribution in [2.24, 2.45) is 0 Å². The molecule has 1 atom stereocenters. The fourth-order valence-electron chi connectivity index (χ4n) is 4.65. The van der Waals surface area contributed by atoms with Gasteiger partial charge in [-0.05, 0) is 52.4 Å². The number of hydrogen-bond donors (Lipinski definition) is 1. The number of ether oxygens (including phenoxy) is 2. The molecule has 0 saturated carbocycles. The second-order valence-electron chi connectivity index (χ2n) is 9.66. The Bertz CT molecular complexity index is 1280. The first-order chi connectivity index (χ1) is 18.1. The second kappa shape index (κ2) is 11.3. The van der Waals surface area contributed by atoms with E-state index in [1.165, 1.54) is 5.56 Å². The molecule has 5 rings (SSSR count). The first kappa shape index (κ1) is 24.6. The average molecular weight is 493 g/mol. The smallest absolute Gasteiger partial charge is 0.246 e. The number of amides is 1. The highest BCUT2D eigenvalue weighted by Crippen LogP contribution is 2.37. The van der Waals surface area contributed by atoms with Crippen LogP contribution in [-0.4, -0.2) is 17.6 Å². The van der Waals surface area contributed by atoms with Gasteiger partial charge >= 0.3 is 0 Å². The molecule has 0 radical (unpaired) electrons. The van der Waals surface area contributed by atoms with Crippen molar-refractivity contribution in [1.29, 1.82) is 0 Å². The number of benzene rings is 4. The quantitative estimate of drug-likeness (QED) is 0.276. The number of rotatable bonds is 9. The Morgan fingerprint density at radius 2 is 1.32 bits per heavy atom. The third-order valence-corrected chi connectivity index (χ3v) is 6.63. The fourth-order valence-corrected chi connectivity index (χ4v) is 4.65. The standard InChI is InChI=1S/C32H32N2O3/c1-23(2)26-13-16-28(17-14-26)33-32(35)31(27-15-18-29-30(19-27)37-22-36-29)34(20-24-9-5-3-6-10-24)21-25-11-7-4-8-12-25/h3-19,23,31H,20-22H2,1-2H3,(H,33,35). The summed E-state index contributed by atoms with van der Waals surface area (Å²) in [7, 11) is 0. The van der Waals surface area contributed by atoms with Gasteiger partial charge in [-0.25, -0.2) is 0 Å². The zero-order valence-corrected chi connectivity index (χ0v) is 21.3. The first-order valence-corrected chi connectivity index (χ1v) is 12.7. The van der Waals surface area contributed by atoms with E-state index in [1.807, 2.05) is 66.7 Å². The lowest BCUT2D eigenvalue weighted by Gasteiger charge is -2.31. The maximum atomic E-state index is 14.0. The van der Waals surface area contributed by atoms with Crippen LogP contribution < -0.4 is 14.8 Å². The lowest BCUT2D eigenvalue weighted by atomic mass is 10.0. The van der Waals surface area contributed by atoms with E-state index in [-0.39, 0.29) is 12.7 Å². The summed E-state index contributed by atoms with van der Waals surface area (Å²) in [6, 6.07) is 33.8. The molecule has 0 aliphatic carbocycles. The van der Waals surface area contributed by atoms with Crippen molar-refractivity contribution >= 4 is 11.6 Å². The van der Waals surface area contributed by atoms with Gasteiger partial charge in [-0.15, -0.1) is 0 Å². The number of carbonyl (C=O) groups excluding carboxylic acids is 1. The first-order valence-electron chi connectivity index (χ1n) is 12.7. The molecule has 1 heterocycles. The number of hydrogen-bond acceptors (Lipinski definition) is 4. The van der Waals surface area contributed by atoms with Gasteiger partial charge in [-0.1, -0.05) is 92.7 Å². The summed E-state index contributed by atoms with van der Waals surface area (Å²) in [6.07, 6.45) is 0. The van der Waals surface area contributed by atoms with E-state index in [9.17, 15) is 4.79 Å².